The van der Waals surface area contributed by atoms with Crippen LogP contribution in [0.2, 0.25) is 0 Å². The molecule has 10 heteroatoms. The number of fused-ring (bicyclic) bond motifs is 1. The molecule has 9 nitrogen and oxygen atoms in total. The molecule has 2 aromatic rings. The van der Waals surface area contributed by atoms with Crippen LogP contribution in [0.4, 0.5) is 11.4 Å². The number of hydrogen-bond donors (Lipinski definition) is 1. The summed E-state index contributed by atoms with van der Waals surface area (Å²) in [5.74, 6) is -0.356. The molecule has 2 atom stereocenters. The quantitative estimate of drug-likeness (QED) is 0.382. The van der Waals surface area contributed by atoms with E-state index in [1.54, 1.807) is 6.92 Å². The number of anilines is 1. The highest BCUT2D eigenvalue weighted by atomic mass is 32.2. The number of methoxy groups -OCH3 is 1. The van der Waals surface area contributed by atoms with Gasteiger partial charge in [0.05, 0.1) is 24.3 Å². The van der Waals surface area contributed by atoms with Crippen LogP contribution in [0, 0.1) is 10.1 Å². The van der Waals surface area contributed by atoms with Gasteiger partial charge in [-0.3, -0.25) is 19.2 Å². The zero-order valence-electron chi connectivity index (χ0n) is 20.6. The molecular weight excluding hydrogens is 470 g/mol. The fraction of sp³-hybridized carbons (Fsp3) is 0.480. The molecule has 1 aliphatic rings. The number of carbonyl (C=O) groups is 1. The summed E-state index contributed by atoms with van der Waals surface area (Å²) in [7, 11) is -2.66. The molecule has 1 N–H and O–H groups in total. The third kappa shape index (κ3) is 5.93. The number of sulfonamides is 1. The summed E-state index contributed by atoms with van der Waals surface area (Å²) in [5, 5.41) is 14.4. The highest BCUT2D eigenvalue weighted by Crippen LogP contribution is 2.36. The van der Waals surface area contributed by atoms with Crippen molar-refractivity contribution in [2.24, 2.45) is 0 Å². The van der Waals surface area contributed by atoms with Crippen molar-refractivity contribution in [3.05, 3.63) is 63.2 Å². The number of hydrogen-bond acceptors (Lipinski definition) is 6. The zero-order valence-corrected chi connectivity index (χ0v) is 21.4. The Labute approximate surface area is 206 Å². The standard InChI is InChI=1S/C25H33N3O6S/c1-5-21(19-12-11-17-9-7-8-10-18(17)15-19)26-25(29)22(6-2)27(35(4,32)33)23-16-20(28(30)31)13-14-24(23)34-3/h11-16,21-22H,5-10H2,1-4H3,(H,26,29). The van der Waals surface area contributed by atoms with E-state index >= 15 is 0 Å². The summed E-state index contributed by atoms with van der Waals surface area (Å²) in [6, 6.07) is 8.55. The van der Waals surface area contributed by atoms with Crippen LogP contribution < -0.4 is 14.4 Å². The molecule has 0 spiro atoms. The lowest BCUT2D eigenvalue weighted by Gasteiger charge is -2.32. The van der Waals surface area contributed by atoms with Gasteiger partial charge in [-0.1, -0.05) is 32.0 Å². The van der Waals surface area contributed by atoms with E-state index in [-0.39, 0.29) is 29.6 Å². The highest BCUT2D eigenvalue weighted by Gasteiger charge is 2.35. The second-order valence-corrected chi connectivity index (χ2v) is 10.7. The third-order valence-electron chi connectivity index (χ3n) is 6.44. The van der Waals surface area contributed by atoms with Gasteiger partial charge in [0.25, 0.3) is 5.69 Å². The summed E-state index contributed by atoms with van der Waals surface area (Å²) in [5.41, 5.74) is 3.27. The van der Waals surface area contributed by atoms with Crippen LogP contribution in [0.5, 0.6) is 5.75 Å². The second kappa shape index (κ2) is 11.1. The molecule has 1 aliphatic carbocycles. The van der Waals surface area contributed by atoms with Gasteiger partial charge in [0.1, 0.15) is 17.5 Å². The average molecular weight is 504 g/mol. The molecule has 0 bridgehead atoms. The molecule has 2 aromatic carbocycles. The Morgan fingerprint density at radius 1 is 1.11 bits per heavy atom. The highest BCUT2D eigenvalue weighted by molar-refractivity contribution is 7.92. The minimum absolute atomic E-state index is 0.0481. The van der Waals surface area contributed by atoms with E-state index in [2.05, 4.69) is 17.4 Å². The Morgan fingerprint density at radius 2 is 1.80 bits per heavy atom. The predicted molar refractivity (Wildman–Crippen MR) is 135 cm³/mol. The number of carbonyl (C=O) groups excluding carboxylic acids is 1. The molecule has 190 valence electrons. The van der Waals surface area contributed by atoms with Gasteiger partial charge < -0.3 is 10.1 Å². The first kappa shape index (κ1) is 26.5. The molecule has 0 saturated heterocycles. The van der Waals surface area contributed by atoms with Gasteiger partial charge in [-0.2, -0.15) is 0 Å². The Balaban J connectivity index is 1.97. The monoisotopic (exact) mass is 503 g/mol. The lowest BCUT2D eigenvalue weighted by atomic mass is 9.88. The van der Waals surface area contributed by atoms with Crippen molar-refractivity contribution in [1.29, 1.82) is 0 Å². The Morgan fingerprint density at radius 3 is 2.37 bits per heavy atom. The third-order valence-corrected chi connectivity index (χ3v) is 7.61. The number of nitro benzene ring substituents is 1. The smallest absolute Gasteiger partial charge is 0.271 e. The van der Waals surface area contributed by atoms with Crippen molar-refractivity contribution < 1.29 is 22.9 Å². The average Bonchev–Trinajstić information content (AvgIpc) is 2.84. The van der Waals surface area contributed by atoms with Gasteiger partial charge in [0.2, 0.25) is 15.9 Å². The first-order chi connectivity index (χ1) is 16.6. The first-order valence-corrected chi connectivity index (χ1v) is 13.7. The van der Waals surface area contributed by atoms with E-state index in [0.717, 1.165) is 41.5 Å². The maximum atomic E-state index is 13.5. The van der Waals surface area contributed by atoms with Crippen LogP contribution >= 0.6 is 0 Å². The summed E-state index contributed by atoms with van der Waals surface area (Å²) >= 11 is 0. The molecule has 0 aliphatic heterocycles. The second-order valence-electron chi connectivity index (χ2n) is 8.80. The summed E-state index contributed by atoms with van der Waals surface area (Å²) in [6.45, 7) is 3.66. The van der Waals surface area contributed by atoms with E-state index in [4.69, 9.17) is 4.74 Å². The van der Waals surface area contributed by atoms with Crippen LogP contribution in [0.1, 0.15) is 62.3 Å². The van der Waals surface area contributed by atoms with Gasteiger partial charge in [-0.05, 0) is 61.3 Å². The number of rotatable bonds is 10. The fourth-order valence-corrected chi connectivity index (χ4v) is 5.87. The van der Waals surface area contributed by atoms with E-state index in [0.29, 0.717) is 6.42 Å². The van der Waals surface area contributed by atoms with Crippen molar-refractivity contribution in [2.75, 3.05) is 17.7 Å². The Hall–Kier alpha value is -3.14. The van der Waals surface area contributed by atoms with E-state index in [1.807, 2.05) is 13.0 Å². The fourth-order valence-electron chi connectivity index (χ4n) is 4.66. The maximum absolute atomic E-state index is 13.5. The molecular formula is C25H33N3O6S. The number of benzene rings is 2. The number of non-ortho nitro benzene ring substituents is 1. The molecule has 0 aromatic heterocycles. The summed E-state index contributed by atoms with van der Waals surface area (Å²) in [4.78, 5) is 24.2. The lowest BCUT2D eigenvalue weighted by molar-refractivity contribution is -0.384. The number of aryl methyl sites for hydroxylation is 2. The first-order valence-electron chi connectivity index (χ1n) is 11.8. The molecule has 0 fully saturated rings. The molecule has 0 saturated carbocycles. The van der Waals surface area contributed by atoms with Crippen LogP contribution in [0.25, 0.3) is 0 Å². The summed E-state index contributed by atoms with van der Waals surface area (Å²) < 4.78 is 32.0. The van der Waals surface area contributed by atoms with Gasteiger partial charge in [-0.25, -0.2) is 8.42 Å². The van der Waals surface area contributed by atoms with Crippen molar-refractivity contribution >= 4 is 27.3 Å². The van der Waals surface area contributed by atoms with Crippen LogP contribution in [0.3, 0.4) is 0 Å². The van der Waals surface area contributed by atoms with Gasteiger partial charge in [-0.15, -0.1) is 0 Å². The van der Waals surface area contributed by atoms with Crippen molar-refractivity contribution in [1.82, 2.24) is 5.32 Å². The van der Waals surface area contributed by atoms with Crippen LogP contribution in [0.15, 0.2) is 36.4 Å². The minimum Gasteiger partial charge on any atom is -0.495 e. The Bertz CT molecular complexity index is 1200. The molecule has 1 amide bonds. The number of nitro groups is 1. The topological polar surface area (TPSA) is 119 Å². The predicted octanol–water partition coefficient (Wildman–Crippen LogP) is 4.29. The van der Waals surface area contributed by atoms with Gasteiger partial charge in [0, 0.05) is 12.1 Å². The largest absolute Gasteiger partial charge is 0.495 e. The van der Waals surface area contributed by atoms with Gasteiger partial charge in [0.15, 0.2) is 0 Å². The molecule has 0 heterocycles. The number of amides is 1. The van der Waals surface area contributed by atoms with E-state index in [9.17, 15) is 23.3 Å². The number of nitrogens with zero attached hydrogens (tertiary/aromatic N) is 2. The van der Waals surface area contributed by atoms with Crippen LogP contribution in [-0.4, -0.2) is 38.7 Å². The molecule has 2 unspecified atom stereocenters. The molecule has 0 radical (unpaired) electrons. The lowest BCUT2D eigenvalue weighted by Crippen LogP contribution is -2.50. The maximum Gasteiger partial charge on any atom is 0.271 e. The Kier molecular flexibility index (Phi) is 8.37. The van der Waals surface area contributed by atoms with E-state index < -0.39 is 26.9 Å². The van der Waals surface area contributed by atoms with Crippen LogP contribution in [-0.2, 0) is 27.7 Å². The summed E-state index contributed by atoms with van der Waals surface area (Å²) in [6.07, 6.45) is 6.16. The zero-order chi connectivity index (χ0) is 25.8. The SMILES string of the molecule is CCC(NC(=O)C(CC)N(c1cc([N+](=O)[O-])ccc1OC)S(C)(=O)=O)c1ccc2c(c1)CCCC2. The van der Waals surface area contributed by atoms with Gasteiger partial charge >= 0.3 is 0 Å². The molecule has 35 heavy (non-hydrogen) atoms. The minimum atomic E-state index is -4.00. The molecule has 3 rings (SSSR count). The normalized spacial score (nSPS) is 15.0. The van der Waals surface area contributed by atoms with Crippen molar-refractivity contribution in [3.8, 4) is 5.75 Å². The van der Waals surface area contributed by atoms with Crippen molar-refractivity contribution in [3.63, 3.8) is 0 Å². The van der Waals surface area contributed by atoms with Crippen molar-refractivity contribution in [2.45, 2.75) is 64.5 Å². The van der Waals surface area contributed by atoms with E-state index in [1.165, 1.54) is 36.8 Å². The number of nitrogens with one attached hydrogen (secondary N) is 1. The number of ether oxygens (including phenoxy) is 1.